The number of nitrogens with one attached hydrogen (secondary N) is 1. The lowest BCUT2D eigenvalue weighted by atomic mass is 10.1. The van der Waals surface area contributed by atoms with Crippen LogP contribution in [0.15, 0.2) is 61.4 Å². The number of carbonyl (C=O) groups is 1. The van der Waals surface area contributed by atoms with E-state index in [1.807, 2.05) is 48.0 Å². The highest BCUT2D eigenvalue weighted by Crippen LogP contribution is 2.18. The van der Waals surface area contributed by atoms with Gasteiger partial charge in [0.15, 0.2) is 10.6 Å². The molecule has 0 aliphatic heterocycles. The number of aromatic nitrogens is 4. The number of pyridine rings is 1. The maximum Gasteiger partial charge on any atom is 0.251 e. The van der Waals surface area contributed by atoms with Crippen molar-refractivity contribution in [3.05, 3.63) is 77.3 Å². The van der Waals surface area contributed by atoms with Gasteiger partial charge >= 0.3 is 0 Å². The molecule has 0 atom stereocenters. The molecule has 1 N–H and O–H groups in total. The Bertz CT molecular complexity index is 1040. The van der Waals surface area contributed by atoms with E-state index in [0.717, 1.165) is 17.0 Å². The molecule has 7 nitrogen and oxygen atoms in total. The summed E-state index contributed by atoms with van der Waals surface area (Å²) in [6.07, 6.45) is 5.31. The number of nitrogens with zero attached hydrogens (tertiary/aromatic N) is 5. The van der Waals surface area contributed by atoms with Gasteiger partial charge in [0.2, 0.25) is 0 Å². The van der Waals surface area contributed by atoms with Gasteiger partial charge in [-0.25, -0.2) is 4.68 Å². The van der Waals surface area contributed by atoms with Crippen molar-refractivity contribution in [1.82, 2.24) is 29.5 Å². The highest BCUT2D eigenvalue weighted by Gasteiger charge is 2.13. The van der Waals surface area contributed by atoms with E-state index in [2.05, 4.69) is 21.8 Å². The zero-order valence-corrected chi connectivity index (χ0v) is 17.4. The highest BCUT2D eigenvalue weighted by molar-refractivity contribution is 7.71. The number of allylic oxidation sites excluding steroid dienone is 1. The summed E-state index contributed by atoms with van der Waals surface area (Å²) in [5, 5.41) is 7.35. The van der Waals surface area contributed by atoms with Crippen LogP contribution < -0.4 is 5.32 Å². The normalized spacial score (nSPS) is 10.9. The molecule has 2 aromatic heterocycles. The minimum Gasteiger partial charge on any atom is -0.355 e. The fourth-order valence-electron chi connectivity index (χ4n) is 3.03. The van der Waals surface area contributed by atoms with Gasteiger partial charge in [-0.3, -0.25) is 19.2 Å². The second-order valence-corrected chi connectivity index (χ2v) is 7.04. The molecular formula is C21H24N6OS. The first-order valence-corrected chi connectivity index (χ1v) is 9.62. The van der Waals surface area contributed by atoms with Gasteiger partial charge < -0.3 is 5.32 Å². The molecule has 0 saturated carbocycles. The Morgan fingerprint density at radius 3 is 2.69 bits per heavy atom. The Morgan fingerprint density at radius 2 is 2.07 bits per heavy atom. The third-order valence-corrected chi connectivity index (χ3v) is 4.86. The van der Waals surface area contributed by atoms with Gasteiger partial charge in [-0.05, 0) is 49.1 Å². The van der Waals surface area contributed by atoms with Gasteiger partial charge in [-0.15, -0.1) is 6.58 Å². The molecule has 0 radical (unpaired) electrons. The lowest BCUT2D eigenvalue weighted by Crippen LogP contribution is -2.23. The average Bonchev–Trinajstić information content (AvgIpc) is 3.04. The molecule has 1 amide bonds. The molecule has 0 aliphatic rings. The third kappa shape index (κ3) is 4.85. The van der Waals surface area contributed by atoms with E-state index in [1.54, 1.807) is 30.2 Å². The minimum absolute atomic E-state index is 0.0908. The summed E-state index contributed by atoms with van der Waals surface area (Å²) in [6, 6.07) is 11.4. The van der Waals surface area contributed by atoms with Crippen LogP contribution >= 0.6 is 12.2 Å². The van der Waals surface area contributed by atoms with E-state index in [4.69, 9.17) is 17.3 Å². The number of amides is 1. The topological polar surface area (TPSA) is 68.0 Å². The quantitative estimate of drug-likeness (QED) is 0.458. The molecule has 3 rings (SSSR count). The molecule has 29 heavy (non-hydrogen) atoms. The lowest BCUT2D eigenvalue weighted by molar-refractivity contribution is 0.0963. The number of hydrogen-bond donors (Lipinski definition) is 1. The average molecular weight is 409 g/mol. The summed E-state index contributed by atoms with van der Waals surface area (Å²) in [7, 11) is 3.63. The summed E-state index contributed by atoms with van der Waals surface area (Å²) < 4.78 is 4.39. The molecule has 0 bridgehead atoms. The van der Waals surface area contributed by atoms with Crippen LogP contribution in [0.4, 0.5) is 0 Å². The van der Waals surface area contributed by atoms with Gasteiger partial charge in [0, 0.05) is 43.7 Å². The summed E-state index contributed by atoms with van der Waals surface area (Å²) >= 11 is 5.64. The first kappa shape index (κ1) is 20.6. The van der Waals surface area contributed by atoms with Crippen LogP contribution in [0.5, 0.6) is 0 Å². The summed E-state index contributed by atoms with van der Waals surface area (Å²) in [6.45, 7) is 5.64. The van der Waals surface area contributed by atoms with E-state index in [1.165, 1.54) is 0 Å². The van der Waals surface area contributed by atoms with Gasteiger partial charge in [0.05, 0.1) is 6.67 Å². The van der Waals surface area contributed by atoms with Gasteiger partial charge in [0.25, 0.3) is 5.91 Å². The van der Waals surface area contributed by atoms with Crippen molar-refractivity contribution >= 4 is 18.1 Å². The largest absolute Gasteiger partial charge is 0.355 e. The van der Waals surface area contributed by atoms with E-state index >= 15 is 0 Å². The van der Waals surface area contributed by atoms with Crippen molar-refractivity contribution in [1.29, 1.82) is 0 Å². The second-order valence-electron chi connectivity index (χ2n) is 6.68. The zero-order chi connectivity index (χ0) is 20.8. The number of carbonyl (C=O) groups excluding carboxylic acids is 1. The lowest BCUT2D eigenvalue weighted by Gasteiger charge is -2.16. The second kappa shape index (κ2) is 9.40. The molecule has 0 unspecified atom stereocenters. The van der Waals surface area contributed by atoms with Crippen LogP contribution in [0.2, 0.25) is 0 Å². The van der Waals surface area contributed by atoms with Gasteiger partial charge in [-0.2, -0.15) is 5.10 Å². The minimum atomic E-state index is -0.0908. The number of rotatable bonds is 8. The molecule has 0 aliphatic carbocycles. The Hall–Kier alpha value is -3.10. The smallest absolute Gasteiger partial charge is 0.251 e. The fraction of sp³-hybridized carbons (Fsp3) is 0.238. The van der Waals surface area contributed by atoms with E-state index < -0.39 is 0 Å². The van der Waals surface area contributed by atoms with Crippen LogP contribution in [-0.2, 0) is 19.8 Å². The van der Waals surface area contributed by atoms with Gasteiger partial charge in [0.1, 0.15) is 0 Å². The first-order chi connectivity index (χ1) is 14.0. The van der Waals surface area contributed by atoms with Crippen molar-refractivity contribution in [2.45, 2.75) is 19.8 Å². The third-order valence-electron chi connectivity index (χ3n) is 4.43. The molecule has 150 valence electrons. The molecular weight excluding hydrogens is 384 g/mol. The maximum absolute atomic E-state index is 11.7. The Labute approximate surface area is 175 Å². The standard InChI is InChI=1S/C21H24N6OS/c1-4-12-26-19(18-6-5-11-23-13-18)24-27(21(26)29)15-25(3)14-16-7-9-17(10-8-16)20(28)22-2/h4-11,13H,1,12,14-15H2,2-3H3,(H,22,28). The Morgan fingerprint density at radius 1 is 1.31 bits per heavy atom. The van der Waals surface area contributed by atoms with E-state index in [9.17, 15) is 4.79 Å². The number of hydrogen-bond acceptors (Lipinski definition) is 5. The van der Waals surface area contributed by atoms with Crippen molar-refractivity contribution in [2.75, 3.05) is 14.1 Å². The molecule has 0 fully saturated rings. The molecule has 0 spiro atoms. The van der Waals surface area contributed by atoms with Crippen molar-refractivity contribution < 1.29 is 4.79 Å². The maximum atomic E-state index is 11.7. The van der Waals surface area contributed by atoms with E-state index in [0.29, 0.717) is 30.1 Å². The van der Waals surface area contributed by atoms with Crippen LogP contribution in [0, 0.1) is 4.77 Å². The summed E-state index contributed by atoms with van der Waals surface area (Å²) in [5.74, 6) is 0.679. The predicted octanol–water partition coefficient (Wildman–Crippen LogP) is 3.11. The van der Waals surface area contributed by atoms with Crippen LogP contribution in [0.25, 0.3) is 11.4 Å². The van der Waals surface area contributed by atoms with Crippen LogP contribution in [0.3, 0.4) is 0 Å². The first-order valence-electron chi connectivity index (χ1n) is 9.22. The highest BCUT2D eigenvalue weighted by atomic mass is 32.1. The van der Waals surface area contributed by atoms with E-state index in [-0.39, 0.29) is 5.91 Å². The van der Waals surface area contributed by atoms with Crippen molar-refractivity contribution in [3.8, 4) is 11.4 Å². The zero-order valence-electron chi connectivity index (χ0n) is 16.6. The molecule has 8 heteroatoms. The summed E-state index contributed by atoms with van der Waals surface area (Å²) in [5.41, 5.74) is 2.65. The van der Waals surface area contributed by atoms with Crippen LogP contribution in [0.1, 0.15) is 15.9 Å². The van der Waals surface area contributed by atoms with Crippen molar-refractivity contribution in [2.24, 2.45) is 0 Å². The predicted molar refractivity (Wildman–Crippen MR) is 116 cm³/mol. The summed E-state index contributed by atoms with van der Waals surface area (Å²) in [4.78, 5) is 18.0. The number of benzene rings is 1. The SMILES string of the molecule is C=CCn1c(-c2cccnc2)nn(CN(C)Cc2ccc(C(=O)NC)cc2)c1=S. The molecule has 2 heterocycles. The monoisotopic (exact) mass is 408 g/mol. The van der Waals surface area contributed by atoms with Crippen molar-refractivity contribution in [3.63, 3.8) is 0 Å². The molecule has 1 aromatic carbocycles. The van der Waals surface area contributed by atoms with Gasteiger partial charge in [-0.1, -0.05) is 18.2 Å². The van der Waals surface area contributed by atoms with Crippen LogP contribution in [-0.4, -0.2) is 44.2 Å². The Kier molecular flexibility index (Phi) is 6.69. The Balaban J connectivity index is 1.78. The molecule has 0 saturated heterocycles. The molecule has 3 aromatic rings. The fourth-order valence-corrected chi connectivity index (χ4v) is 3.29.